The van der Waals surface area contributed by atoms with Crippen molar-refractivity contribution < 1.29 is 9.29 Å². The molecule has 1 unspecified atom stereocenters. The Hall–Kier alpha value is -0.450. The molecule has 0 N–H and O–H groups in total. The van der Waals surface area contributed by atoms with E-state index in [2.05, 4.69) is 4.98 Å². The average molecular weight is 220 g/mol. The fraction of sp³-hybridized carbons (Fsp3) is 0.375. The fourth-order valence-corrected chi connectivity index (χ4v) is 1.39. The lowest BCUT2D eigenvalue weighted by molar-refractivity contribution is 0.241. The Morgan fingerprint density at radius 2 is 2.23 bits per heavy atom. The van der Waals surface area contributed by atoms with Crippen LogP contribution in [0.3, 0.4) is 0 Å². The van der Waals surface area contributed by atoms with Crippen LogP contribution < -0.4 is 4.74 Å². The largest absolute Gasteiger partial charge is 0.593 e. The standard InChI is InChI=1S/C8H10ClNO2S/c1-6(2)12-7-3-4-8(10-5-7)13(9)11/h3-6H,1-2H3. The summed E-state index contributed by atoms with van der Waals surface area (Å²) in [5.74, 6) is 0.654. The molecule has 0 aliphatic rings. The first-order valence-corrected chi connectivity index (χ1v) is 5.78. The van der Waals surface area contributed by atoms with Crippen LogP contribution in [0.1, 0.15) is 13.8 Å². The lowest BCUT2D eigenvalue weighted by atomic mass is 10.4. The van der Waals surface area contributed by atoms with Gasteiger partial charge in [0.05, 0.1) is 12.3 Å². The fourth-order valence-electron chi connectivity index (χ4n) is 0.804. The predicted molar refractivity (Wildman–Crippen MR) is 52.3 cm³/mol. The molecule has 0 spiro atoms. The highest BCUT2D eigenvalue weighted by atomic mass is 35.7. The van der Waals surface area contributed by atoms with Crippen molar-refractivity contribution in [2.45, 2.75) is 25.0 Å². The summed E-state index contributed by atoms with van der Waals surface area (Å²) in [4.78, 5) is 3.87. The van der Waals surface area contributed by atoms with E-state index in [0.29, 0.717) is 10.8 Å². The average Bonchev–Trinajstić information content (AvgIpc) is 2.04. The lowest BCUT2D eigenvalue weighted by Gasteiger charge is -2.08. The van der Waals surface area contributed by atoms with Crippen LogP contribution in [0.15, 0.2) is 23.4 Å². The second-order valence-electron chi connectivity index (χ2n) is 2.72. The van der Waals surface area contributed by atoms with Crippen molar-refractivity contribution in [2.24, 2.45) is 0 Å². The van der Waals surface area contributed by atoms with Crippen molar-refractivity contribution in [2.75, 3.05) is 0 Å². The third-order valence-corrected chi connectivity index (χ3v) is 2.29. The van der Waals surface area contributed by atoms with Gasteiger partial charge in [0.15, 0.2) is 10.7 Å². The van der Waals surface area contributed by atoms with E-state index in [1.54, 1.807) is 12.1 Å². The molecule has 0 bridgehead atoms. The molecular weight excluding hydrogens is 210 g/mol. The molecule has 0 aliphatic carbocycles. The summed E-state index contributed by atoms with van der Waals surface area (Å²) >= 11 is 0. The molecule has 1 heterocycles. The van der Waals surface area contributed by atoms with Crippen molar-refractivity contribution in [3.63, 3.8) is 0 Å². The van der Waals surface area contributed by atoms with Crippen LogP contribution >= 0.6 is 10.7 Å². The minimum Gasteiger partial charge on any atom is -0.593 e. The zero-order valence-electron chi connectivity index (χ0n) is 7.36. The van der Waals surface area contributed by atoms with Gasteiger partial charge in [-0.15, -0.1) is 0 Å². The van der Waals surface area contributed by atoms with Gasteiger partial charge in [0.1, 0.15) is 16.1 Å². The van der Waals surface area contributed by atoms with E-state index in [4.69, 9.17) is 15.4 Å². The Morgan fingerprint density at radius 1 is 1.54 bits per heavy atom. The second-order valence-corrected chi connectivity index (χ2v) is 4.43. The van der Waals surface area contributed by atoms with Gasteiger partial charge in [0.25, 0.3) is 5.03 Å². The predicted octanol–water partition coefficient (Wildman–Crippen LogP) is 2.13. The number of hydrogen-bond donors (Lipinski definition) is 0. The molecule has 72 valence electrons. The van der Waals surface area contributed by atoms with Crippen molar-refractivity contribution in [3.8, 4) is 5.75 Å². The van der Waals surface area contributed by atoms with Crippen LogP contribution in [0.25, 0.3) is 0 Å². The number of aromatic nitrogens is 1. The maximum atomic E-state index is 10.8. The summed E-state index contributed by atoms with van der Waals surface area (Å²) in [6.45, 7) is 3.85. The van der Waals surface area contributed by atoms with Crippen LogP contribution in [0.4, 0.5) is 0 Å². The van der Waals surface area contributed by atoms with Crippen LogP contribution in [-0.2, 0) is 10.4 Å². The van der Waals surface area contributed by atoms with Crippen molar-refractivity contribution in [1.29, 1.82) is 0 Å². The summed E-state index contributed by atoms with van der Waals surface area (Å²) in [6.07, 6.45) is 1.62. The number of rotatable bonds is 3. The summed E-state index contributed by atoms with van der Waals surface area (Å²) in [7, 11) is 3.79. The van der Waals surface area contributed by atoms with E-state index in [1.165, 1.54) is 6.20 Å². The van der Waals surface area contributed by atoms with Crippen molar-refractivity contribution in [3.05, 3.63) is 18.3 Å². The molecule has 0 saturated carbocycles. The van der Waals surface area contributed by atoms with Gasteiger partial charge >= 0.3 is 0 Å². The van der Waals surface area contributed by atoms with Gasteiger partial charge in [-0.25, -0.2) is 4.98 Å². The van der Waals surface area contributed by atoms with Gasteiger partial charge in [-0.2, -0.15) is 0 Å². The number of pyridine rings is 1. The van der Waals surface area contributed by atoms with Gasteiger partial charge in [-0.1, -0.05) is 0 Å². The monoisotopic (exact) mass is 219 g/mol. The SMILES string of the molecule is CC(C)Oc1ccc([S+]([O-])Cl)nc1. The number of hydrogen-bond acceptors (Lipinski definition) is 3. The van der Waals surface area contributed by atoms with Gasteiger partial charge in [-0.3, -0.25) is 0 Å². The topological polar surface area (TPSA) is 45.2 Å². The first kappa shape index (κ1) is 10.6. The van der Waals surface area contributed by atoms with Gasteiger partial charge in [-0.05, 0) is 19.9 Å². The summed E-state index contributed by atoms with van der Waals surface area (Å²) < 4.78 is 16.1. The highest BCUT2D eigenvalue weighted by Crippen LogP contribution is 2.16. The van der Waals surface area contributed by atoms with E-state index in [9.17, 15) is 4.55 Å². The third-order valence-electron chi connectivity index (χ3n) is 1.25. The summed E-state index contributed by atoms with van der Waals surface area (Å²) in [5, 5.41) is 0.345. The smallest absolute Gasteiger partial charge is 0.264 e. The molecule has 1 atom stereocenters. The Balaban J connectivity index is 2.70. The molecule has 0 aromatic carbocycles. The zero-order chi connectivity index (χ0) is 9.84. The molecule has 0 aliphatic heterocycles. The summed E-state index contributed by atoms with van der Waals surface area (Å²) in [5.41, 5.74) is 0. The second kappa shape index (κ2) is 4.69. The number of nitrogens with zero attached hydrogens (tertiary/aromatic N) is 1. The molecular formula is C8H10ClNO2S. The maximum absolute atomic E-state index is 10.8. The number of halogens is 1. The van der Waals surface area contributed by atoms with Crippen molar-refractivity contribution in [1.82, 2.24) is 4.98 Å². The third kappa shape index (κ3) is 3.42. The van der Waals surface area contributed by atoms with Gasteiger partial charge in [0.2, 0.25) is 0 Å². The van der Waals surface area contributed by atoms with Gasteiger partial charge in [0, 0.05) is 6.07 Å². The van der Waals surface area contributed by atoms with Crippen LogP contribution in [0.2, 0.25) is 0 Å². The van der Waals surface area contributed by atoms with Gasteiger partial charge < -0.3 is 9.29 Å². The maximum Gasteiger partial charge on any atom is 0.264 e. The van der Waals surface area contributed by atoms with Crippen LogP contribution in [0, 0.1) is 0 Å². The molecule has 3 nitrogen and oxygen atoms in total. The minimum absolute atomic E-state index is 0.106. The Bertz CT molecular complexity index is 263. The number of ether oxygens (including phenoxy) is 1. The first-order valence-electron chi connectivity index (χ1n) is 3.80. The molecule has 1 aromatic heterocycles. The van der Waals surface area contributed by atoms with Crippen LogP contribution in [0.5, 0.6) is 5.75 Å². The Labute approximate surface area is 84.8 Å². The summed E-state index contributed by atoms with van der Waals surface area (Å²) in [6, 6.07) is 3.28. The molecule has 0 fully saturated rings. The van der Waals surface area contributed by atoms with E-state index in [-0.39, 0.29) is 6.10 Å². The van der Waals surface area contributed by atoms with E-state index < -0.39 is 10.4 Å². The molecule has 13 heavy (non-hydrogen) atoms. The molecule has 0 saturated heterocycles. The molecule has 5 heteroatoms. The van der Waals surface area contributed by atoms with E-state index in [0.717, 1.165) is 0 Å². The highest BCUT2D eigenvalue weighted by Gasteiger charge is 2.09. The molecule has 0 amide bonds. The Morgan fingerprint density at radius 3 is 2.62 bits per heavy atom. The molecule has 1 aromatic rings. The normalized spacial score (nSPS) is 13.0. The first-order chi connectivity index (χ1) is 6.09. The van der Waals surface area contributed by atoms with E-state index >= 15 is 0 Å². The Kier molecular flexibility index (Phi) is 3.84. The molecule has 1 rings (SSSR count). The lowest BCUT2D eigenvalue weighted by Crippen LogP contribution is -2.06. The van der Waals surface area contributed by atoms with E-state index in [1.807, 2.05) is 13.8 Å². The quantitative estimate of drug-likeness (QED) is 0.732. The molecule has 0 radical (unpaired) electrons. The zero-order valence-corrected chi connectivity index (χ0v) is 8.93. The highest BCUT2D eigenvalue weighted by molar-refractivity contribution is 8.13. The van der Waals surface area contributed by atoms with Crippen molar-refractivity contribution >= 4 is 21.1 Å². The van der Waals surface area contributed by atoms with Crippen LogP contribution in [-0.4, -0.2) is 15.6 Å². The minimum atomic E-state index is -1.54.